The molecule has 0 bridgehead atoms. The highest BCUT2D eigenvalue weighted by molar-refractivity contribution is 5.98. The highest BCUT2D eigenvalue weighted by atomic mass is 19.4. The molecule has 0 unspecified atom stereocenters. The molecule has 1 aliphatic heterocycles. The summed E-state index contributed by atoms with van der Waals surface area (Å²) in [6.07, 6.45) is -5.08. The quantitative estimate of drug-likeness (QED) is 0.913. The molecule has 0 aliphatic carbocycles. The summed E-state index contributed by atoms with van der Waals surface area (Å²) in [4.78, 5) is 22.9. The molecule has 0 saturated carbocycles. The standard InChI is InChI=1S/C15H13NO.C2HF3O2/c17-15-14-9-5-4-8-13(14)11-16(15)10-12-6-2-1-3-7-12;3-2(4,5)1(6)7/h1-9H,10-11H2;(H,6,7). The fraction of sp³-hybridized carbons (Fsp3) is 0.176. The molecule has 126 valence electrons. The molecule has 0 saturated heterocycles. The summed E-state index contributed by atoms with van der Waals surface area (Å²) >= 11 is 0. The van der Waals surface area contributed by atoms with Crippen LogP contribution in [0.1, 0.15) is 21.5 Å². The fourth-order valence-corrected chi connectivity index (χ4v) is 2.25. The molecule has 7 heteroatoms. The Balaban J connectivity index is 0.000000256. The van der Waals surface area contributed by atoms with Gasteiger partial charge in [-0.3, -0.25) is 4.79 Å². The van der Waals surface area contributed by atoms with Crippen LogP contribution in [0.5, 0.6) is 0 Å². The van der Waals surface area contributed by atoms with Gasteiger partial charge in [0.2, 0.25) is 0 Å². The Morgan fingerprint density at radius 2 is 1.58 bits per heavy atom. The van der Waals surface area contributed by atoms with Crippen LogP contribution >= 0.6 is 0 Å². The van der Waals surface area contributed by atoms with E-state index in [1.54, 1.807) is 0 Å². The fourth-order valence-electron chi connectivity index (χ4n) is 2.25. The monoisotopic (exact) mass is 337 g/mol. The number of halogens is 3. The molecule has 2 aromatic carbocycles. The topological polar surface area (TPSA) is 57.6 Å². The van der Waals surface area contributed by atoms with Gasteiger partial charge in [0.15, 0.2) is 0 Å². The number of aliphatic carboxylic acids is 1. The molecule has 0 radical (unpaired) electrons. The van der Waals surface area contributed by atoms with E-state index in [0.29, 0.717) is 6.54 Å². The van der Waals surface area contributed by atoms with Gasteiger partial charge in [0.25, 0.3) is 5.91 Å². The maximum atomic E-state index is 12.1. The first-order valence-electron chi connectivity index (χ1n) is 7.00. The number of carbonyl (C=O) groups is 2. The molecule has 0 atom stereocenters. The number of alkyl halides is 3. The van der Waals surface area contributed by atoms with E-state index in [2.05, 4.69) is 12.1 Å². The van der Waals surface area contributed by atoms with Gasteiger partial charge in [-0.1, -0.05) is 48.5 Å². The molecule has 1 heterocycles. The van der Waals surface area contributed by atoms with E-state index in [1.807, 2.05) is 47.4 Å². The number of rotatable bonds is 2. The minimum atomic E-state index is -5.08. The van der Waals surface area contributed by atoms with Crippen molar-refractivity contribution in [1.29, 1.82) is 0 Å². The van der Waals surface area contributed by atoms with Gasteiger partial charge in [-0.05, 0) is 17.2 Å². The summed E-state index contributed by atoms with van der Waals surface area (Å²) in [7, 11) is 0. The predicted octanol–water partition coefficient (Wildman–Crippen LogP) is 3.48. The van der Waals surface area contributed by atoms with E-state index in [1.165, 1.54) is 5.56 Å². The Morgan fingerprint density at radius 3 is 2.12 bits per heavy atom. The van der Waals surface area contributed by atoms with Crippen molar-refractivity contribution in [2.45, 2.75) is 19.3 Å². The SMILES string of the molecule is O=C(O)C(F)(F)F.O=C1c2ccccc2CN1Cc1ccccc1. The summed E-state index contributed by atoms with van der Waals surface area (Å²) in [6, 6.07) is 17.9. The second-order valence-corrected chi connectivity index (χ2v) is 5.11. The molecule has 1 N–H and O–H groups in total. The number of amides is 1. The smallest absolute Gasteiger partial charge is 0.475 e. The van der Waals surface area contributed by atoms with E-state index < -0.39 is 12.1 Å². The number of benzene rings is 2. The number of carboxylic acids is 1. The van der Waals surface area contributed by atoms with Crippen LogP contribution in [0.4, 0.5) is 13.2 Å². The van der Waals surface area contributed by atoms with Crippen molar-refractivity contribution in [3.8, 4) is 0 Å². The summed E-state index contributed by atoms with van der Waals surface area (Å²) in [5, 5.41) is 7.12. The largest absolute Gasteiger partial charge is 0.490 e. The lowest BCUT2D eigenvalue weighted by atomic mass is 10.1. The molecular weight excluding hydrogens is 323 g/mol. The zero-order valence-corrected chi connectivity index (χ0v) is 12.5. The minimum Gasteiger partial charge on any atom is -0.475 e. The lowest BCUT2D eigenvalue weighted by Crippen LogP contribution is -2.23. The molecule has 4 nitrogen and oxygen atoms in total. The first-order chi connectivity index (χ1) is 11.3. The van der Waals surface area contributed by atoms with E-state index in [4.69, 9.17) is 9.90 Å². The molecule has 0 spiro atoms. The average Bonchev–Trinajstić information content (AvgIpc) is 2.85. The van der Waals surface area contributed by atoms with E-state index in [-0.39, 0.29) is 5.91 Å². The molecule has 1 amide bonds. The van der Waals surface area contributed by atoms with E-state index in [9.17, 15) is 18.0 Å². The Bertz CT molecular complexity index is 729. The van der Waals surface area contributed by atoms with Crippen LogP contribution in [0.15, 0.2) is 54.6 Å². The van der Waals surface area contributed by atoms with Crippen LogP contribution in [0.2, 0.25) is 0 Å². The van der Waals surface area contributed by atoms with Crippen LogP contribution < -0.4 is 0 Å². The summed E-state index contributed by atoms with van der Waals surface area (Å²) in [5.41, 5.74) is 3.16. The molecule has 2 aromatic rings. The van der Waals surface area contributed by atoms with Crippen molar-refractivity contribution in [3.05, 3.63) is 71.3 Å². The molecule has 1 aliphatic rings. The number of nitrogens with zero attached hydrogens (tertiary/aromatic N) is 1. The highest BCUT2D eigenvalue weighted by Crippen LogP contribution is 2.23. The number of hydrogen-bond acceptors (Lipinski definition) is 2. The van der Waals surface area contributed by atoms with Gasteiger partial charge < -0.3 is 10.0 Å². The van der Waals surface area contributed by atoms with Crippen molar-refractivity contribution >= 4 is 11.9 Å². The van der Waals surface area contributed by atoms with Crippen molar-refractivity contribution in [3.63, 3.8) is 0 Å². The van der Waals surface area contributed by atoms with Crippen LogP contribution in [-0.4, -0.2) is 28.1 Å². The average molecular weight is 337 g/mol. The molecule has 24 heavy (non-hydrogen) atoms. The second kappa shape index (κ2) is 7.16. The first kappa shape index (κ1) is 17.5. The third kappa shape index (κ3) is 4.34. The summed E-state index contributed by atoms with van der Waals surface area (Å²) in [6.45, 7) is 1.41. The Morgan fingerprint density at radius 1 is 1.04 bits per heavy atom. The van der Waals surface area contributed by atoms with Gasteiger partial charge in [-0.15, -0.1) is 0 Å². The van der Waals surface area contributed by atoms with Gasteiger partial charge in [0.05, 0.1) is 0 Å². The normalized spacial score (nSPS) is 13.1. The van der Waals surface area contributed by atoms with Crippen LogP contribution in [0.25, 0.3) is 0 Å². The Labute approximate surface area is 136 Å². The highest BCUT2D eigenvalue weighted by Gasteiger charge is 2.38. The Kier molecular flexibility index (Phi) is 5.23. The number of carboxylic acid groups (broad SMARTS) is 1. The van der Waals surface area contributed by atoms with Crippen LogP contribution in [-0.2, 0) is 17.9 Å². The molecule has 3 rings (SSSR count). The van der Waals surface area contributed by atoms with E-state index in [0.717, 1.165) is 17.7 Å². The third-order valence-electron chi connectivity index (χ3n) is 3.35. The van der Waals surface area contributed by atoms with Gasteiger partial charge in [-0.2, -0.15) is 13.2 Å². The van der Waals surface area contributed by atoms with Crippen molar-refractivity contribution < 1.29 is 27.9 Å². The summed E-state index contributed by atoms with van der Waals surface area (Å²) < 4.78 is 31.7. The van der Waals surface area contributed by atoms with Crippen LogP contribution in [0.3, 0.4) is 0 Å². The maximum Gasteiger partial charge on any atom is 0.490 e. The van der Waals surface area contributed by atoms with Crippen LogP contribution in [0, 0.1) is 0 Å². The maximum absolute atomic E-state index is 12.1. The van der Waals surface area contributed by atoms with Crippen molar-refractivity contribution in [1.82, 2.24) is 4.90 Å². The number of fused-ring (bicyclic) bond motifs is 1. The van der Waals surface area contributed by atoms with Crippen molar-refractivity contribution in [2.75, 3.05) is 0 Å². The summed E-state index contributed by atoms with van der Waals surface area (Å²) in [5.74, 6) is -2.61. The second-order valence-electron chi connectivity index (χ2n) is 5.11. The number of hydrogen-bond donors (Lipinski definition) is 1. The predicted molar refractivity (Wildman–Crippen MR) is 80.2 cm³/mol. The zero-order chi connectivity index (χ0) is 17.7. The third-order valence-corrected chi connectivity index (χ3v) is 3.35. The first-order valence-corrected chi connectivity index (χ1v) is 7.00. The lowest BCUT2D eigenvalue weighted by molar-refractivity contribution is -0.192. The van der Waals surface area contributed by atoms with Crippen molar-refractivity contribution in [2.24, 2.45) is 0 Å². The zero-order valence-electron chi connectivity index (χ0n) is 12.5. The van der Waals surface area contributed by atoms with E-state index >= 15 is 0 Å². The number of carbonyl (C=O) groups excluding carboxylic acids is 1. The van der Waals surface area contributed by atoms with Gasteiger partial charge in [0.1, 0.15) is 0 Å². The molecular formula is C17H14F3NO3. The van der Waals surface area contributed by atoms with Gasteiger partial charge >= 0.3 is 12.1 Å². The Hall–Kier alpha value is -2.83. The minimum absolute atomic E-state index is 0.143. The molecule has 0 fully saturated rings. The molecule has 0 aromatic heterocycles. The van der Waals surface area contributed by atoms with Gasteiger partial charge in [-0.25, -0.2) is 4.79 Å². The lowest BCUT2D eigenvalue weighted by Gasteiger charge is -2.15. The van der Waals surface area contributed by atoms with Gasteiger partial charge in [0, 0.05) is 18.7 Å².